The van der Waals surface area contributed by atoms with Gasteiger partial charge in [-0.1, -0.05) is 31.0 Å². The van der Waals surface area contributed by atoms with Gasteiger partial charge < -0.3 is 15.4 Å². The monoisotopic (exact) mass is 290 g/mol. The fraction of sp³-hybridized carbons (Fsp3) is 0.667. The van der Waals surface area contributed by atoms with Crippen molar-refractivity contribution in [3.63, 3.8) is 0 Å². The minimum atomic E-state index is 0.475. The van der Waals surface area contributed by atoms with Crippen LogP contribution in [0.2, 0.25) is 0 Å². The maximum atomic E-state index is 5.56. The summed E-state index contributed by atoms with van der Waals surface area (Å²) in [6, 6.07) is 9.61. The van der Waals surface area contributed by atoms with Gasteiger partial charge in [0.15, 0.2) is 0 Å². The van der Waals surface area contributed by atoms with Crippen LogP contribution in [-0.4, -0.2) is 25.2 Å². The standard InChI is InChI=1S/C18H30N2O/c1-3-21-14-16-9-6-7-11-18(16)20-15(2)13-17-10-5-4-8-12-19-17/h6-7,9,11,15,17,19-20H,3-5,8,10,12-14H2,1-2H3. The Morgan fingerprint density at radius 3 is 3.00 bits per heavy atom. The van der Waals surface area contributed by atoms with Crippen molar-refractivity contribution < 1.29 is 4.74 Å². The number of hydrogen-bond acceptors (Lipinski definition) is 3. The summed E-state index contributed by atoms with van der Waals surface area (Å²) >= 11 is 0. The quantitative estimate of drug-likeness (QED) is 0.798. The summed E-state index contributed by atoms with van der Waals surface area (Å²) in [5, 5.41) is 7.35. The van der Waals surface area contributed by atoms with Crippen LogP contribution in [0.5, 0.6) is 0 Å². The molecule has 1 aliphatic heterocycles. The van der Waals surface area contributed by atoms with Gasteiger partial charge in [0.1, 0.15) is 0 Å². The molecular formula is C18H30N2O. The van der Waals surface area contributed by atoms with Crippen LogP contribution in [0.25, 0.3) is 0 Å². The van der Waals surface area contributed by atoms with Crippen LogP contribution in [0.15, 0.2) is 24.3 Å². The molecule has 118 valence electrons. The Morgan fingerprint density at radius 2 is 2.14 bits per heavy atom. The molecule has 1 saturated heterocycles. The van der Waals surface area contributed by atoms with Crippen molar-refractivity contribution in [2.45, 2.75) is 64.6 Å². The summed E-state index contributed by atoms with van der Waals surface area (Å²) < 4.78 is 5.56. The van der Waals surface area contributed by atoms with Crippen molar-refractivity contribution in [2.75, 3.05) is 18.5 Å². The van der Waals surface area contributed by atoms with Gasteiger partial charge >= 0.3 is 0 Å². The van der Waals surface area contributed by atoms with E-state index in [9.17, 15) is 0 Å². The number of para-hydroxylation sites is 1. The molecule has 0 aliphatic carbocycles. The molecule has 0 saturated carbocycles. The third kappa shape index (κ3) is 5.68. The molecule has 21 heavy (non-hydrogen) atoms. The van der Waals surface area contributed by atoms with E-state index in [1.807, 2.05) is 6.92 Å². The Kier molecular flexibility index (Phi) is 7.04. The van der Waals surface area contributed by atoms with Gasteiger partial charge in [-0.2, -0.15) is 0 Å². The number of benzene rings is 1. The Bertz CT molecular complexity index is 400. The number of nitrogens with one attached hydrogen (secondary N) is 2. The van der Waals surface area contributed by atoms with Gasteiger partial charge in [-0.3, -0.25) is 0 Å². The van der Waals surface area contributed by atoms with E-state index in [0.717, 1.165) is 6.61 Å². The largest absolute Gasteiger partial charge is 0.382 e. The van der Waals surface area contributed by atoms with Crippen molar-refractivity contribution in [2.24, 2.45) is 0 Å². The SMILES string of the molecule is CCOCc1ccccc1NC(C)CC1CCCCCN1. The van der Waals surface area contributed by atoms with Crippen LogP contribution in [0, 0.1) is 0 Å². The van der Waals surface area contributed by atoms with Crippen LogP contribution in [0.4, 0.5) is 5.69 Å². The molecule has 3 heteroatoms. The molecular weight excluding hydrogens is 260 g/mol. The highest BCUT2D eigenvalue weighted by Crippen LogP contribution is 2.19. The highest BCUT2D eigenvalue weighted by Gasteiger charge is 2.15. The second kappa shape index (κ2) is 9.06. The predicted molar refractivity (Wildman–Crippen MR) is 89.7 cm³/mol. The second-order valence-corrected chi connectivity index (χ2v) is 6.08. The normalized spacial score (nSPS) is 20.8. The first-order valence-electron chi connectivity index (χ1n) is 8.45. The average Bonchev–Trinajstić information content (AvgIpc) is 2.75. The molecule has 3 nitrogen and oxygen atoms in total. The van der Waals surface area contributed by atoms with Crippen LogP contribution < -0.4 is 10.6 Å². The number of rotatable bonds is 7. The molecule has 1 aromatic carbocycles. The molecule has 2 N–H and O–H groups in total. The summed E-state index contributed by atoms with van der Waals surface area (Å²) in [4.78, 5) is 0. The molecule has 1 aromatic rings. The Hall–Kier alpha value is -1.06. The predicted octanol–water partition coefficient (Wildman–Crippen LogP) is 3.95. The lowest BCUT2D eigenvalue weighted by atomic mass is 10.0. The maximum Gasteiger partial charge on any atom is 0.0736 e. The van der Waals surface area contributed by atoms with Crippen LogP contribution >= 0.6 is 0 Å². The van der Waals surface area contributed by atoms with E-state index in [-0.39, 0.29) is 0 Å². The van der Waals surface area contributed by atoms with Gasteiger partial charge in [0.25, 0.3) is 0 Å². The smallest absolute Gasteiger partial charge is 0.0736 e. The van der Waals surface area contributed by atoms with Gasteiger partial charge in [-0.15, -0.1) is 0 Å². The van der Waals surface area contributed by atoms with E-state index < -0.39 is 0 Å². The van der Waals surface area contributed by atoms with E-state index >= 15 is 0 Å². The van der Waals surface area contributed by atoms with E-state index in [4.69, 9.17) is 4.74 Å². The summed E-state index contributed by atoms with van der Waals surface area (Å²) in [7, 11) is 0. The molecule has 2 atom stereocenters. The Morgan fingerprint density at radius 1 is 1.29 bits per heavy atom. The van der Waals surface area contributed by atoms with Gasteiger partial charge in [0.05, 0.1) is 6.61 Å². The van der Waals surface area contributed by atoms with Crippen LogP contribution in [0.1, 0.15) is 51.5 Å². The first-order valence-corrected chi connectivity index (χ1v) is 8.45. The van der Waals surface area contributed by atoms with Crippen molar-refractivity contribution in [3.05, 3.63) is 29.8 Å². The van der Waals surface area contributed by atoms with E-state index in [1.165, 1.54) is 49.9 Å². The second-order valence-electron chi connectivity index (χ2n) is 6.08. The van der Waals surface area contributed by atoms with Crippen LogP contribution in [-0.2, 0) is 11.3 Å². The van der Waals surface area contributed by atoms with Crippen molar-refractivity contribution in [1.82, 2.24) is 5.32 Å². The van der Waals surface area contributed by atoms with Gasteiger partial charge in [0, 0.05) is 29.9 Å². The molecule has 1 heterocycles. The maximum absolute atomic E-state index is 5.56. The summed E-state index contributed by atoms with van der Waals surface area (Å²) in [5.41, 5.74) is 2.46. The van der Waals surface area contributed by atoms with Gasteiger partial charge in [-0.05, 0) is 45.7 Å². The lowest BCUT2D eigenvalue weighted by Crippen LogP contribution is -2.33. The van der Waals surface area contributed by atoms with Crippen LogP contribution in [0.3, 0.4) is 0 Å². The lowest BCUT2D eigenvalue weighted by Gasteiger charge is -2.23. The zero-order chi connectivity index (χ0) is 14.9. The zero-order valence-electron chi connectivity index (χ0n) is 13.5. The number of ether oxygens (including phenoxy) is 1. The van der Waals surface area contributed by atoms with Crippen molar-refractivity contribution in [3.8, 4) is 0 Å². The van der Waals surface area contributed by atoms with E-state index in [2.05, 4.69) is 41.8 Å². The van der Waals surface area contributed by atoms with E-state index in [0.29, 0.717) is 18.7 Å². The lowest BCUT2D eigenvalue weighted by molar-refractivity contribution is 0.134. The topological polar surface area (TPSA) is 33.3 Å². The minimum Gasteiger partial charge on any atom is -0.382 e. The number of hydrogen-bond donors (Lipinski definition) is 2. The third-order valence-corrected chi connectivity index (χ3v) is 4.18. The average molecular weight is 290 g/mol. The van der Waals surface area contributed by atoms with Crippen molar-refractivity contribution in [1.29, 1.82) is 0 Å². The zero-order valence-corrected chi connectivity index (χ0v) is 13.5. The molecule has 0 aromatic heterocycles. The fourth-order valence-electron chi connectivity index (χ4n) is 3.05. The summed E-state index contributed by atoms with van der Waals surface area (Å²) in [5.74, 6) is 0. The first-order chi connectivity index (χ1) is 10.3. The summed E-state index contributed by atoms with van der Waals surface area (Å²) in [6.45, 7) is 6.95. The third-order valence-electron chi connectivity index (χ3n) is 4.18. The summed E-state index contributed by atoms with van der Waals surface area (Å²) in [6.07, 6.45) is 6.57. The fourth-order valence-corrected chi connectivity index (χ4v) is 3.05. The highest BCUT2D eigenvalue weighted by atomic mass is 16.5. The molecule has 1 fully saturated rings. The molecule has 0 spiro atoms. The number of anilines is 1. The van der Waals surface area contributed by atoms with Crippen molar-refractivity contribution >= 4 is 5.69 Å². The molecule has 0 radical (unpaired) electrons. The molecule has 1 aliphatic rings. The van der Waals surface area contributed by atoms with Gasteiger partial charge in [-0.25, -0.2) is 0 Å². The molecule has 0 bridgehead atoms. The van der Waals surface area contributed by atoms with Gasteiger partial charge in [0.2, 0.25) is 0 Å². The minimum absolute atomic E-state index is 0.475. The molecule has 0 amide bonds. The Balaban J connectivity index is 1.87. The molecule has 2 rings (SSSR count). The van der Waals surface area contributed by atoms with E-state index in [1.54, 1.807) is 0 Å². The molecule has 2 unspecified atom stereocenters. The highest BCUT2D eigenvalue weighted by molar-refractivity contribution is 5.51. The Labute approximate surface area is 129 Å². The first kappa shape index (κ1) is 16.3.